The summed E-state index contributed by atoms with van der Waals surface area (Å²) in [5.41, 5.74) is 3.21. The van der Waals surface area contributed by atoms with Gasteiger partial charge in [0.2, 0.25) is 5.95 Å². The highest BCUT2D eigenvalue weighted by atomic mass is 35.5. The third-order valence-corrected chi connectivity index (χ3v) is 3.78. The van der Waals surface area contributed by atoms with Crippen molar-refractivity contribution in [2.45, 2.75) is 13.8 Å². The smallest absolute Gasteiger partial charge is 0.249 e. The summed E-state index contributed by atoms with van der Waals surface area (Å²) in [6, 6.07) is 12.7. The first-order valence-corrected chi connectivity index (χ1v) is 8.00. The zero-order valence-electron chi connectivity index (χ0n) is 13.7. The summed E-state index contributed by atoms with van der Waals surface area (Å²) >= 11 is 6.03. The molecule has 0 saturated heterocycles. The minimum absolute atomic E-state index is 0.00505. The van der Waals surface area contributed by atoms with Gasteiger partial charge in [-0.3, -0.25) is 4.79 Å². The van der Waals surface area contributed by atoms with Gasteiger partial charge in [-0.15, -0.1) is 5.10 Å². The molecule has 1 aromatic heterocycles. The van der Waals surface area contributed by atoms with Crippen LogP contribution in [0.3, 0.4) is 0 Å². The Bertz CT molecular complexity index is 929. The monoisotopic (exact) mass is 353 g/mol. The second-order valence-corrected chi connectivity index (χ2v) is 5.95. The molecule has 0 saturated carbocycles. The highest BCUT2D eigenvalue weighted by Gasteiger charge is 2.06. The van der Waals surface area contributed by atoms with Crippen molar-refractivity contribution in [3.8, 4) is 0 Å². The average molecular weight is 354 g/mol. The predicted octanol–water partition coefficient (Wildman–Crippen LogP) is 4.52. The maximum atomic E-state index is 11.5. The molecule has 126 valence electrons. The van der Waals surface area contributed by atoms with E-state index in [-0.39, 0.29) is 5.78 Å². The molecule has 0 atom stereocenters. The molecule has 0 aliphatic carbocycles. The van der Waals surface area contributed by atoms with E-state index in [4.69, 9.17) is 11.6 Å². The van der Waals surface area contributed by atoms with E-state index in [9.17, 15) is 4.79 Å². The molecule has 0 amide bonds. The summed E-state index contributed by atoms with van der Waals surface area (Å²) < 4.78 is 0. The van der Waals surface area contributed by atoms with Gasteiger partial charge >= 0.3 is 0 Å². The first-order valence-electron chi connectivity index (χ1n) is 7.62. The quantitative estimate of drug-likeness (QED) is 0.656. The van der Waals surface area contributed by atoms with E-state index in [1.807, 2.05) is 31.2 Å². The van der Waals surface area contributed by atoms with Crippen molar-refractivity contribution < 1.29 is 4.79 Å². The third-order valence-electron chi connectivity index (χ3n) is 3.55. The summed E-state index contributed by atoms with van der Waals surface area (Å²) in [5.74, 6) is 0.852. The Balaban J connectivity index is 1.81. The molecule has 1 heterocycles. The Labute approximate surface area is 150 Å². The van der Waals surface area contributed by atoms with Crippen molar-refractivity contribution in [1.29, 1.82) is 0 Å². The number of hydrogen-bond donors (Lipinski definition) is 2. The second kappa shape index (κ2) is 7.27. The fourth-order valence-electron chi connectivity index (χ4n) is 2.23. The molecule has 0 unspecified atom stereocenters. The molecule has 0 radical (unpaired) electrons. The van der Waals surface area contributed by atoms with Gasteiger partial charge in [0.05, 0.1) is 6.20 Å². The highest BCUT2D eigenvalue weighted by molar-refractivity contribution is 6.30. The van der Waals surface area contributed by atoms with E-state index in [1.165, 1.54) is 13.1 Å². The molecule has 7 heteroatoms. The van der Waals surface area contributed by atoms with Crippen LogP contribution < -0.4 is 10.6 Å². The number of nitrogens with one attached hydrogen (secondary N) is 2. The van der Waals surface area contributed by atoms with Crippen LogP contribution in [0, 0.1) is 6.92 Å². The molecule has 0 fully saturated rings. The molecule has 6 nitrogen and oxygen atoms in total. The number of halogens is 1. The van der Waals surface area contributed by atoms with Crippen molar-refractivity contribution in [1.82, 2.24) is 15.2 Å². The van der Waals surface area contributed by atoms with Crippen LogP contribution in [0.1, 0.15) is 22.8 Å². The van der Waals surface area contributed by atoms with Crippen LogP contribution in [-0.4, -0.2) is 21.0 Å². The predicted molar refractivity (Wildman–Crippen MR) is 99.0 cm³/mol. The number of aromatic nitrogens is 3. The zero-order valence-corrected chi connectivity index (χ0v) is 14.5. The molecule has 0 aliphatic rings. The largest absolute Gasteiger partial charge is 0.339 e. The van der Waals surface area contributed by atoms with Crippen LogP contribution in [0.15, 0.2) is 48.7 Å². The Kier molecular flexibility index (Phi) is 4.90. The van der Waals surface area contributed by atoms with Crippen molar-refractivity contribution in [3.63, 3.8) is 0 Å². The van der Waals surface area contributed by atoms with Gasteiger partial charge in [0.1, 0.15) is 0 Å². The first kappa shape index (κ1) is 16.9. The summed E-state index contributed by atoms with van der Waals surface area (Å²) in [5, 5.41) is 14.8. The van der Waals surface area contributed by atoms with E-state index in [0.717, 1.165) is 11.3 Å². The van der Waals surface area contributed by atoms with E-state index < -0.39 is 0 Å². The van der Waals surface area contributed by atoms with Gasteiger partial charge in [0.15, 0.2) is 11.6 Å². The van der Waals surface area contributed by atoms with Gasteiger partial charge in [-0.2, -0.15) is 10.1 Å². The molecule has 0 aliphatic heterocycles. The zero-order chi connectivity index (χ0) is 17.8. The maximum absolute atomic E-state index is 11.5. The minimum Gasteiger partial charge on any atom is -0.339 e. The van der Waals surface area contributed by atoms with Crippen LogP contribution in [0.2, 0.25) is 5.02 Å². The third kappa shape index (κ3) is 4.30. The number of carbonyl (C=O) groups excluding carboxylic acids is 1. The number of hydrogen-bond acceptors (Lipinski definition) is 6. The van der Waals surface area contributed by atoms with Crippen LogP contribution in [-0.2, 0) is 0 Å². The van der Waals surface area contributed by atoms with E-state index in [0.29, 0.717) is 28.0 Å². The highest BCUT2D eigenvalue weighted by Crippen LogP contribution is 2.23. The van der Waals surface area contributed by atoms with Gasteiger partial charge in [-0.25, -0.2) is 0 Å². The van der Waals surface area contributed by atoms with Crippen molar-refractivity contribution in [2.24, 2.45) is 0 Å². The number of aryl methyl sites for hydroxylation is 1. The fourth-order valence-corrected chi connectivity index (χ4v) is 2.40. The number of rotatable bonds is 5. The number of nitrogens with zero attached hydrogens (tertiary/aromatic N) is 3. The number of ketones is 1. The van der Waals surface area contributed by atoms with E-state index >= 15 is 0 Å². The molecule has 3 rings (SSSR count). The molecule has 2 aromatic carbocycles. The van der Waals surface area contributed by atoms with Crippen LogP contribution in [0.4, 0.5) is 23.1 Å². The number of carbonyl (C=O) groups is 1. The van der Waals surface area contributed by atoms with E-state index in [2.05, 4.69) is 25.8 Å². The lowest BCUT2D eigenvalue weighted by Gasteiger charge is -2.10. The Morgan fingerprint density at radius 2 is 1.96 bits per heavy atom. The summed E-state index contributed by atoms with van der Waals surface area (Å²) in [7, 11) is 0. The number of anilines is 4. The fraction of sp³-hybridized carbons (Fsp3) is 0.111. The average Bonchev–Trinajstić information content (AvgIpc) is 2.59. The lowest BCUT2D eigenvalue weighted by Crippen LogP contribution is -2.03. The molecule has 0 bridgehead atoms. The van der Waals surface area contributed by atoms with Crippen molar-refractivity contribution in [2.75, 3.05) is 10.6 Å². The van der Waals surface area contributed by atoms with Gasteiger partial charge in [0, 0.05) is 22.0 Å². The minimum atomic E-state index is -0.00505. The van der Waals surface area contributed by atoms with Crippen molar-refractivity contribution >= 4 is 40.5 Å². The Hall–Kier alpha value is -2.99. The molecule has 25 heavy (non-hydrogen) atoms. The SMILES string of the molecule is CC(=O)c1cccc(Nc2nncc(Nc3cc(Cl)ccc3C)n2)c1. The molecule has 0 spiro atoms. The van der Waals surface area contributed by atoms with Crippen LogP contribution in [0.5, 0.6) is 0 Å². The van der Waals surface area contributed by atoms with Crippen molar-refractivity contribution in [3.05, 3.63) is 64.8 Å². The molecular formula is C18H16ClN5O. The second-order valence-electron chi connectivity index (χ2n) is 5.51. The Morgan fingerprint density at radius 1 is 1.12 bits per heavy atom. The summed E-state index contributed by atoms with van der Waals surface area (Å²) in [6.45, 7) is 3.49. The number of benzene rings is 2. The molecule has 3 aromatic rings. The summed E-state index contributed by atoms with van der Waals surface area (Å²) in [6.07, 6.45) is 1.53. The molecule has 2 N–H and O–H groups in total. The van der Waals surface area contributed by atoms with Gasteiger partial charge in [-0.05, 0) is 43.7 Å². The summed E-state index contributed by atoms with van der Waals surface area (Å²) in [4.78, 5) is 15.9. The van der Waals surface area contributed by atoms with Gasteiger partial charge in [0.25, 0.3) is 0 Å². The standard InChI is InChI=1S/C18H16ClN5O/c1-11-6-7-14(19)9-16(11)22-17-10-20-24-18(23-17)21-15-5-3-4-13(8-15)12(2)25/h3-10H,1-2H3,(H2,21,22,23,24). The maximum Gasteiger partial charge on any atom is 0.249 e. The van der Waals surface area contributed by atoms with E-state index in [1.54, 1.807) is 18.2 Å². The van der Waals surface area contributed by atoms with Crippen LogP contribution >= 0.6 is 11.6 Å². The first-order chi connectivity index (χ1) is 12.0. The lowest BCUT2D eigenvalue weighted by atomic mass is 10.1. The van der Waals surface area contributed by atoms with Gasteiger partial charge < -0.3 is 10.6 Å². The topological polar surface area (TPSA) is 79.8 Å². The number of Topliss-reactive ketones (excluding diaryl/α,β-unsaturated/α-hetero) is 1. The van der Waals surface area contributed by atoms with Crippen LogP contribution in [0.25, 0.3) is 0 Å². The molecular weight excluding hydrogens is 338 g/mol. The lowest BCUT2D eigenvalue weighted by molar-refractivity contribution is 0.101. The normalized spacial score (nSPS) is 10.4. The Morgan fingerprint density at radius 3 is 2.76 bits per heavy atom. The van der Waals surface area contributed by atoms with Gasteiger partial charge in [-0.1, -0.05) is 29.8 Å².